The first-order valence-electron chi connectivity index (χ1n) is 7.63. The van der Waals surface area contributed by atoms with Crippen LogP contribution in [0.2, 0.25) is 0 Å². The van der Waals surface area contributed by atoms with Crippen molar-refractivity contribution in [2.24, 2.45) is 12.0 Å². The zero-order valence-electron chi connectivity index (χ0n) is 14.2. The number of aromatic nitrogens is 1. The monoisotopic (exact) mass is 364 g/mol. The zero-order valence-corrected chi connectivity index (χ0v) is 15.8. The summed E-state index contributed by atoms with van der Waals surface area (Å²) >= 11 is 2.89. The van der Waals surface area contributed by atoms with Crippen molar-refractivity contribution in [1.29, 1.82) is 0 Å². The Bertz CT molecular complexity index is 804. The van der Waals surface area contributed by atoms with Crippen LogP contribution in [0.5, 0.6) is 0 Å². The Hall–Kier alpha value is -1.86. The molecule has 0 saturated carbocycles. The summed E-state index contributed by atoms with van der Waals surface area (Å²) in [5.74, 6) is 0.277. The highest BCUT2D eigenvalue weighted by Gasteiger charge is 2.16. The molecule has 0 N–H and O–H groups in total. The summed E-state index contributed by atoms with van der Waals surface area (Å²) in [5.41, 5.74) is 1.26. The van der Waals surface area contributed by atoms with Gasteiger partial charge in [0.15, 0.2) is 4.80 Å². The Morgan fingerprint density at radius 3 is 2.50 bits per heavy atom. The molecule has 1 heterocycles. The first-order valence-corrected chi connectivity index (χ1v) is 9.43. The number of hydrogen-bond acceptors (Lipinski definition) is 5. The molecule has 0 spiro atoms. The molecule has 0 atom stereocenters. The summed E-state index contributed by atoms with van der Waals surface area (Å²) in [4.78, 5) is 30.5. The number of ether oxygens (including phenoxy) is 1. The van der Waals surface area contributed by atoms with Gasteiger partial charge in [-0.15, -0.1) is 11.8 Å². The summed E-state index contributed by atoms with van der Waals surface area (Å²) in [6.07, 6.45) is 0. The summed E-state index contributed by atoms with van der Waals surface area (Å²) in [7, 11) is 1.78. The van der Waals surface area contributed by atoms with Crippen molar-refractivity contribution in [3.63, 3.8) is 0 Å². The lowest BCUT2D eigenvalue weighted by Gasteiger charge is -2.00. The summed E-state index contributed by atoms with van der Waals surface area (Å²) in [5, 5.41) is 0. The van der Waals surface area contributed by atoms with Crippen molar-refractivity contribution >= 4 is 35.0 Å². The molecule has 5 nitrogen and oxygen atoms in total. The van der Waals surface area contributed by atoms with Crippen LogP contribution in [-0.2, 0) is 11.8 Å². The van der Waals surface area contributed by atoms with Gasteiger partial charge in [-0.25, -0.2) is 4.79 Å². The molecule has 24 heavy (non-hydrogen) atoms. The highest BCUT2D eigenvalue weighted by atomic mass is 32.2. The standard InChI is InChI=1S/C17H20N2O3S2/c1-5-22-16(21)14-11(3)19(4)17(24-14)18-15(20)12-7-9-13(10-8-12)23-6-2/h7-10H,5-6H2,1-4H3. The van der Waals surface area contributed by atoms with E-state index in [0.717, 1.165) is 16.3 Å². The number of nitrogens with zero attached hydrogens (tertiary/aromatic N) is 2. The molecule has 7 heteroatoms. The van der Waals surface area contributed by atoms with Crippen LogP contribution < -0.4 is 4.80 Å². The second-order valence-corrected chi connectivity index (χ2v) is 7.27. The second kappa shape index (κ2) is 8.30. The van der Waals surface area contributed by atoms with Gasteiger partial charge >= 0.3 is 5.97 Å². The number of benzene rings is 1. The van der Waals surface area contributed by atoms with E-state index in [1.54, 1.807) is 42.4 Å². The van der Waals surface area contributed by atoms with Crippen molar-refractivity contribution < 1.29 is 14.3 Å². The summed E-state index contributed by atoms with van der Waals surface area (Å²) < 4.78 is 6.76. The first-order chi connectivity index (χ1) is 11.5. The predicted molar refractivity (Wildman–Crippen MR) is 96.7 cm³/mol. The van der Waals surface area contributed by atoms with Gasteiger partial charge in [0, 0.05) is 23.2 Å². The lowest BCUT2D eigenvalue weighted by atomic mass is 10.2. The smallest absolute Gasteiger partial charge is 0.350 e. The van der Waals surface area contributed by atoms with Gasteiger partial charge in [-0.2, -0.15) is 4.99 Å². The van der Waals surface area contributed by atoms with Gasteiger partial charge in [0.2, 0.25) is 0 Å². The van der Waals surface area contributed by atoms with E-state index in [9.17, 15) is 9.59 Å². The van der Waals surface area contributed by atoms with Gasteiger partial charge in [0.05, 0.1) is 6.61 Å². The maximum absolute atomic E-state index is 12.4. The summed E-state index contributed by atoms with van der Waals surface area (Å²) in [6, 6.07) is 7.38. The number of thioether (sulfide) groups is 1. The average Bonchev–Trinajstić information content (AvgIpc) is 2.84. The Morgan fingerprint density at radius 2 is 1.92 bits per heavy atom. The van der Waals surface area contributed by atoms with Crippen molar-refractivity contribution in [2.75, 3.05) is 12.4 Å². The lowest BCUT2D eigenvalue weighted by Crippen LogP contribution is -2.14. The van der Waals surface area contributed by atoms with E-state index < -0.39 is 0 Å². The van der Waals surface area contributed by atoms with Crippen LogP contribution in [0.1, 0.15) is 39.6 Å². The number of hydrogen-bond donors (Lipinski definition) is 0. The molecule has 0 bridgehead atoms. The van der Waals surface area contributed by atoms with Crippen molar-refractivity contribution in [1.82, 2.24) is 4.57 Å². The third kappa shape index (κ3) is 4.15. The van der Waals surface area contributed by atoms with Crippen molar-refractivity contribution in [2.45, 2.75) is 25.7 Å². The van der Waals surface area contributed by atoms with Crippen LogP contribution in [0.3, 0.4) is 0 Å². The molecule has 0 aliphatic carbocycles. The van der Waals surface area contributed by atoms with Crippen LogP contribution >= 0.6 is 23.1 Å². The molecular formula is C17H20N2O3S2. The highest BCUT2D eigenvalue weighted by Crippen LogP contribution is 2.18. The fourth-order valence-electron chi connectivity index (χ4n) is 2.03. The molecule has 1 aromatic carbocycles. The molecular weight excluding hydrogens is 344 g/mol. The molecule has 0 aliphatic rings. The molecule has 1 amide bonds. The molecule has 0 aliphatic heterocycles. The molecule has 2 rings (SSSR count). The van der Waals surface area contributed by atoms with Crippen LogP contribution in [0, 0.1) is 6.92 Å². The Labute approximate surface area is 149 Å². The lowest BCUT2D eigenvalue weighted by molar-refractivity contribution is 0.0530. The Morgan fingerprint density at radius 1 is 1.25 bits per heavy atom. The average molecular weight is 364 g/mol. The van der Waals surface area contributed by atoms with E-state index in [1.807, 2.05) is 19.1 Å². The quantitative estimate of drug-likeness (QED) is 0.602. The van der Waals surface area contributed by atoms with E-state index in [1.165, 1.54) is 11.3 Å². The minimum absolute atomic E-state index is 0.313. The van der Waals surface area contributed by atoms with E-state index in [2.05, 4.69) is 11.9 Å². The van der Waals surface area contributed by atoms with Gasteiger partial charge in [-0.3, -0.25) is 4.79 Å². The topological polar surface area (TPSA) is 60.7 Å². The molecule has 0 radical (unpaired) electrons. The Kier molecular flexibility index (Phi) is 6.39. The number of thiazole rings is 1. The zero-order chi connectivity index (χ0) is 17.7. The minimum atomic E-state index is -0.384. The van der Waals surface area contributed by atoms with Gasteiger partial charge in [-0.1, -0.05) is 18.3 Å². The second-order valence-electron chi connectivity index (χ2n) is 4.95. The van der Waals surface area contributed by atoms with Gasteiger partial charge in [0.1, 0.15) is 4.88 Å². The van der Waals surface area contributed by atoms with E-state index >= 15 is 0 Å². The highest BCUT2D eigenvalue weighted by molar-refractivity contribution is 7.99. The summed E-state index contributed by atoms with van der Waals surface area (Å²) in [6.45, 7) is 5.96. The van der Waals surface area contributed by atoms with Gasteiger partial charge in [-0.05, 0) is 43.9 Å². The number of amides is 1. The van der Waals surface area contributed by atoms with Gasteiger partial charge < -0.3 is 9.30 Å². The third-order valence-corrected chi connectivity index (χ3v) is 5.49. The van der Waals surface area contributed by atoms with Crippen LogP contribution in [0.15, 0.2) is 34.2 Å². The molecule has 0 unspecified atom stereocenters. The molecule has 0 fully saturated rings. The SMILES string of the molecule is CCOC(=O)c1sc(=NC(=O)c2ccc(SCC)cc2)n(C)c1C. The first kappa shape index (κ1) is 18.5. The van der Waals surface area contributed by atoms with E-state index in [-0.39, 0.29) is 11.9 Å². The third-order valence-electron chi connectivity index (χ3n) is 3.38. The number of esters is 1. The fourth-order valence-corrected chi connectivity index (χ4v) is 3.70. The fraction of sp³-hybridized carbons (Fsp3) is 0.353. The van der Waals surface area contributed by atoms with Gasteiger partial charge in [0.25, 0.3) is 5.91 Å². The predicted octanol–water partition coefficient (Wildman–Crippen LogP) is 3.42. The van der Waals surface area contributed by atoms with Crippen molar-refractivity contribution in [3.8, 4) is 0 Å². The number of carbonyl (C=O) groups is 2. The molecule has 1 aromatic heterocycles. The molecule has 0 saturated heterocycles. The van der Waals surface area contributed by atoms with Crippen molar-refractivity contribution in [3.05, 3.63) is 45.2 Å². The number of rotatable bonds is 5. The van der Waals surface area contributed by atoms with Crippen LogP contribution in [-0.4, -0.2) is 28.8 Å². The molecule has 2 aromatic rings. The van der Waals surface area contributed by atoms with E-state index in [4.69, 9.17) is 4.74 Å². The number of carbonyl (C=O) groups excluding carboxylic acids is 2. The maximum atomic E-state index is 12.4. The van der Waals surface area contributed by atoms with E-state index in [0.29, 0.717) is 21.8 Å². The van der Waals surface area contributed by atoms with Crippen LogP contribution in [0.4, 0.5) is 0 Å². The van der Waals surface area contributed by atoms with Crippen LogP contribution in [0.25, 0.3) is 0 Å². The molecule has 128 valence electrons. The maximum Gasteiger partial charge on any atom is 0.350 e. The normalized spacial score (nSPS) is 11.6. The Balaban J connectivity index is 2.31. The minimum Gasteiger partial charge on any atom is -0.462 e. The largest absolute Gasteiger partial charge is 0.462 e.